The number of para-hydroxylation sites is 5. The molecule has 0 unspecified atom stereocenters. The highest BCUT2D eigenvalue weighted by Gasteiger charge is 2.53. The SMILES string of the molecule is c1ccc(N(c2ccc(-c3ccc4c(c3)-c3ccccc3C43c4ccccc4Oc4ccccc43)cc2)c2cccc3c2-c2ccccc2C32c3ccccc3Oc3ccccc32)cc1. The molecule has 4 aliphatic rings. The maximum atomic E-state index is 6.64. The van der Waals surface area contributed by atoms with Gasteiger partial charge in [-0.3, -0.25) is 0 Å². The van der Waals surface area contributed by atoms with Crippen LogP contribution in [0, 0.1) is 0 Å². The number of fused-ring (bicyclic) bond motifs is 18. The molecule has 0 saturated heterocycles. The van der Waals surface area contributed by atoms with Gasteiger partial charge in [-0.15, -0.1) is 0 Å². The summed E-state index contributed by atoms with van der Waals surface area (Å²) in [5, 5.41) is 0. The van der Waals surface area contributed by atoms with E-state index < -0.39 is 10.8 Å². The van der Waals surface area contributed by atoms with Crippen molar-refractivity contribution in [2.75, 3.05) is 4.90 Å². The van der Waals surface area contributed by atoms with E-state index in [1.165, 1.54) is 61.2 Å². The van der Waals surface area contributed by atoms with E-state index in [2.05, 4.69) is 241 Å². The minimum Gasteiger partial charge on any atom is -0.457 e. The summed E-state index contributed by atoms with van der Waals surface area (Å²) in [6.07, 6.45) is 0. The van der Waals surface area contributed by atoms with Crippen molar-refractivity contribution in [1.82, 2.24) is 0 Å². The smallest absolute Gasteiger partial charge is 0.132 e. The lowest BCUT2D eigenvalue weighted by Gasteiger charge is -2.39. The number of anilines is 3. The molecule has 0 N–H and O–H groups in total. The molecule has 10 aromatic rings. The number of hydrogen-bond acceptors (Lipinski definition) is 3. The molecule has 2 heterocycles. The molecule has 3 heteroatoms. The van der Waals surface area contributed by atoms with Crippen molar-refractivity contribution in [3.05, 3.63) is 281 Å². The molecular weight excluding hydrogens is 791 g/mol. The summed E-state index contributed by atoms with van der Waals surface area (Å²) in [6, 6.07) is 85.9. The van der Waals surface area contributed by atoms with E-state index in [-0.39, 0.29) is 0 Å². The summed E-state index contributed by atoms with van der Waals surface area (Å²) < 4.78 is 13.2. The predicted molar refractivity (Wildman–Crippen MR) is 261 cm³/mol. The normalized spacial score (nSPS) is 14.3. The molecule has 14 rings (SSSR count). The first-order chi connectivity index (χ1) is 32.2. The van der Waals surface area contributed by atoms with Gasteiger partial charge in [0.05, 0.1) is 16.5 Å². The van der Waals surface area contributed by atoms with Gasteiger partial charge in [-0.25, -0.2) is 0 Å². The molecule has 0 aromatic heterocycles. The van der Waals surface area contributed by atoms with Crippen LogP contribution in [0.25, 0.3) is 33.4 Å². The zero-order chi connectivity index (χ0) is 42.7. The van der Waals surface area contributed by atoms with Crippen LogP contribution in [0.4, 0.5) is 17.1 Å². The Morgan fingerprint density at radius 3 is 1.28 bits per heavy atom. The van der Waals surface area contributed by atoms with Gasteiger partial charge in [0.25, 0.3) is 0 Å². The summed E-state index contributed by atoms with van der Waals surface area (Å²) in [7, 11) is 0. The van der Waals surface area contributed by atoms with Crippen molar-refractivity contribution in [3.8, 4) is 56.4 Å². The first-order valence-corrected chi connectivity index (χ1v) is 22.4. The number of hydrogen-bond donors (Lipinski definition) is 0. The van der Waals surface area contributed by atoms with Gasteiger partial charge in [0.2, 0.25) is 0 Å². The molecule has 10 aromatic carbocycles. The van der Waals surface area contributed by atoms with Gasteiger partial charge in [-0.05, 0) is 111 Å². The maximum absolute atomic E-state index is 6.64. The van der Waals surface area contributed by atoms with Gasteiger partial charge in [-0.2, -0.15) is 0 Å². The summed E-state index contributed by atoms with van der Waals surface area (Å²) in [5.41, 5.74) is 19.3. The Morgan fingerprint density at radius 2 is 0.692 bits per heavy atom. The minimum absolute atomic E-state index is 0.488. The molecule has 2 aliphatic heterocycles. The quantitative estimate of drug-likeness (QED) is 0.176. The Balaban J connectivity index is 0.929. The number of rotatable bonds is 4. The minimum atomic E-state index is -0.556. The van der Waals surface area contributed by atoms with Crippen LogP contribution in [0.1, 0.15) is 44.5 Å². The van der Waals surface area contributed by atoms with Crippen molar-refractivity contribution >= 4 is 17.1 Å². The van der Waals surface area contributed by atoms with Gasteiger partial charge in [0.15, 0.2) is 0 Å². The second kappa shape index (κ2) is 13.6. The molecule has 0 radical (unpaired) electrons. The summed E-state index contributed by atoms with van der Waals surface area (Å²) >= 11 is 0. The maximum Gasteiger partial charge on any atom is 0.132 e. The molecule has 0 atom stereocenters. The van der Waals surface area contributed by atoms with Gasteiger partial charge < -0.3 is 14.4 Å². The molecule has 0 saturated carbocycles. The van der Waals surface area contributed by atoms with Crippen LogP contribution >= 0.6 is 0 Å². The van der Waals surface area contributed by atoms with Crippen molar-refractivity contribution in [1.29, 1.82) is 0 Å². The van der Waals surface area contributed by atoms with Crippen LogP contribution in [-0.2, 0) is 10.8 Å². The lowest BCUT2D eigenvalue weighted by atomic mass is 9.66. The van der Waals surface area contributed by atoms with Crippen LogP contribution in [0.2, 0.25) is 0 Å². The van der Waals surface area contributed by atoms with Crippen LogP contribution in [-0.4, -0.2) is 0 Å². The lowest BCUT2D eigenvalue weighted by Crippen LogP contribution is -2.32. The van der Waals surface area contributed by atoms with Crippen molar-refractivity contribution in [2.45, 2.75) is 10.8 Å². The molecule has 0 fully saturated rings. The van der Waals surface area contributed by atoms with Crippen LogP contribution in [0.3, 0.4) is 0 Å². The van der Waals surface area contributed by atoms with E-state index >= 15 is 0 Å². The highest BCUT2D eigenvalue weighted by atomic mass is 16.5. The first kappa shape index (κ1) is 36.1. The van der Waals surface area contributed by atoms with Crippen molar-refractivity contribution in [3.63, 3.8) is 0 Å². The fraction of sp³-hybridized carbons (Fsp3) is 0.0323. The first-order valence-electron chi connectivity index (χ1n) is 22.4. The monoisotopic (exact) mass is 829 g/mol. The molecule has 3 nitrogen and oxygen atoms in total. The Bertz CT molecular complexity index is 3480. The highest BCUT2D eigenvalue weighted by Crippen LogP contribution is 2.65. The van der Waals surface area contributed by atoms with E-state index in [4.69, 9.17) is 9.47 Å². The third-order valence-electron chi connectivity index (χ3n) is 14.4. The fourth-order valence-electron chi connectivity index (χ4n) is 11.9. The third-order valence-corrected chi connectivity index (χ3v) is 14.4. The average Bonchev–Trinajstić information content (AvgIpc) is 3.83. The average molecular weight is 830 g/mol. The van der Waals surface area contributed by atoms with Crippen molar-refractivity contribution in [2.24, 2.45) is 0 Å². The molecule has 304 valence electrons. The zero-order valence-electron chi connectivity index (χ0n) is 35.3. The van der Waals surface area contributed by atoms with Crippen molar-refractivity contribution < 1.29 is 9.47 Å². The second-order valence-electron chi connectivity index (χ2n) is 17.5. The Labute approximate surface area is 378 Å². The zero-order valence-corrected chi connectivity index (χ0v) is 35.3. The van der Waals surface area contributed by atoms with Crippen LogP contribution in [0.15, 0.2) is 237 Å². The largest absolute Gasteiger partial charge is 0.457 e. The fourth-order valence-corrected chi connectivity index (χ4v) is 11.9. The van der Waals surface area contributed by atoms with Gasteiger partial charge >= 0.3 is 0 Å². The molecule has 2 spiro atoms. The molecule has 0 bridgehead atoms. The Hall–Kier alpha value is -8.40. The number of ether oxygens (including phenoxy) is 2. The predicted octanol–water partition coefficient (Wildman–Crippen LogP) is 15.8. The number of benzene rings is 10. The van der Waals surface area contributed by atoms with E-state index in [0.717, 1.165) is 56.8 Å². The van der Waals surface area contributed by atoms with Gasteiger partial charge in [0.1, 0.15) is 23.0 Å². The van der Waals surface area contributed by atoms with E-state index in [1.54, 1.807) is 0 Å². The molecule has 0 amide bonds. The Kier molecular flexibility index (Phi) is 7.53. The topological polar surface area (TPSA) is 21.7 Å². The highest BCUT2D eigenvalue weighted by molar-refractivity contribution is 5.98. The van der Waals surface area contributed by atoms with Gasteiger partial charge in [0, 0.05) is 39.2 Å². The van der Waals surface area contributed by atoms with E-state index in [1.807, 2.05) is 0 Å². The lowest BCUT2D eigenvalue weighted by molar-refractivity contribution is 0.436. The van der Waals surface area contributed by atoms with E-state index in [0.29, 0.717) is 0 Å². The third kappa shape index (κ3) is 4.79. The summed E-state index contributed by atoms with van der Waals surface area (Å²) in [4.78, 5) is 2.43. The number of nitrogens with zero attached hydrogens (tertiary/aromatic N) is 1. The summed E-state index contributed by atoms with van der Waals surface area (Å²) in [5.74, 6) is 3.59. The summed E-state index contributed by atoms with van der Waals surface area (Å²) in [6.45, 7) is 0. The second-order valence-corrected chi connectivity index (χ2v) is 17.5. The van der Waals surface area contributed by atoms with E-state index in [9.17, 15) is 0 Å². The van der Waals surface area contributed by atoms with Crippen LogP contribution in [0.5, 0.6) is 23.0 Å². The van der Waals surface area contributed by atoms with Gasteiger partial charge in [-0.1, -0.05) is 176 Å². The molecular formula is C62H39NO2. The standard InChI is InChI=1S/C62H39NO2/c1-2-17-42(18-3-1)63(55-28-16-27-54-60(55)45-20-5-7-22-48(45)62(54)52-25-10-14-31-58(52)65-59-32-15-11-26-53(59)62)43-36-33-40(34-37-43)41-35-38-49-46(39-41)44-19-4-6-21-47(44)61(49)50-23-8-12-29-56(50)64-57-30-13-9-24-51(57)61/h1-39H. The molecule has 2 aliphatic carbocycles. The van der Waals surface area contributed by atoms with Crippen LogP contribution < -0.4 is 14.4 Å². The molecule has 65 heavy (non-hydrogen) atoms. The Morgan fingerprint density at radius 1 is 0.277 bits per heavy atom.